The van der Waals surface area contributed by atoms with Crippen molar-refractivity contribution >= 4 is 39.1 Å². The quantitative estimate of drug-likeness (QED) is 0.527. The summed E-state index contributed by atoms with van der Waals surface area (Å²) in [6, 6.07) is 11.6. The highest BCUT2D eigenvalue weighted by atomic mass is 79.9. The van der Waals surface area contributed by atoms with E-state index in [1.54, 1.807) is 0 Å². The van der Waals surface area contributed by atoms with Crippen molar-refractivity contribution in [2.24, 2.45) is 0 Å². The number of hydrogen-bond donors (Lipinski definition) is 1. The van der Waals surface area contributed by atoms with Gasteiger partial charge in [0.15, 0.2) is 0 Å². The van der Waals surface area contributed by atoms with E-state index in [1.807, 2.05) is 31.2 Å². The molecule has 5 heteroatoms. The number of anilines is 1. The third-order valence-corrected chi connectivity index (χ3v) is 5.00. The molecule has 0 aliphatic heterocycles. The van der Waals surface area contributed by atoms with Crippen LogP contribution < -0.4 is 10.1 Å². The van der Waals surface area contributed by atoms with Crippen LogP contribution in [0.3, 0.4) is 0 Å². The summed E-state index contributed by atoms with van der Waals surface area (Å²) >= 11 is 9.60. The molecule has 0 bridgehead atoms. The molecule has 1 amide bonds. The van der Waals surface area contributed by atoms with Gasteiger partial charge in [0, 0.05) is 17.1 Å². The second kappa shape index (κ2) is 9.25. The van der Waals surface area contributed by atoms with Crippen molar-refractivity contribution in [3.63, 3.8) is 0 Å². The first kappa shape index (κ1) is 19.8. The van der Waals surface area contributed by atoms with Crippen molar-refractivity contribution in [3.8, 4) is 5.75 Å². The molecule has 2 rings (SSSR count). The van der Waals surface area contributed by atoms with E-state index in [1.165, 1.54) is 5.56 Å². The summed E-state index contributed by atoms with van der Waals surface area (Å²) in [7, 11) is 0. The normalized spacial score (nSPS) is 10.8. The van der Waals surface area contributed by atoms with Crippen molar-refractivity contribution in [2.45, 2.75) is 39.5 Å². The monoisotopic (exact) mass is 423 g/mol. The molecule has 0 unspecified atom stereocenters. The molecule has 25 heavy (non-hydrogen) atoms. The number of carbonyl (C=O) groups excluding carboxylic acids is 1. The Bertz CT molecular complexity index is 746. The summed E-state index contributed by atoms with van der Waals surface area (Å²) in [5.74, 6) is 1.24. The van der Waals surface area contributed by atoms with Gasteiger partial charge in [-0.05, 0) is 70.6 Å². The standard InChI is InChI=1S/C20H23BrClNO2/c1-13(2)15-9-10-19(16(21)12-15)25-11-5-8-20(24)23-18-7-4-6-17(22)14(18)3/h4,6-7,9-10,12-13H,5,8,11H2,1-3H3,(H,23,24). The van der Waals surface area contributed by atoms with Crippen molar-refractivity contribution < 1.29 is 9.53 Å². The molecule has 1 N–H and O–H groups in total. The van der Waals surface area contributed by atoms with E-state index in [0.717, 1.165) is 21.5 Å². The molecule has 2 aromatic rings. The Morgan fingerprint density at radius 2 is 2.04 bits per heavy atom. The highest BCUT2D eigenvalue weighted by Crippen LogP contribution is 2.29. The van der Waals surface area contributed by atoms with Gasteiger partial charge in [-0.3, -0.25) is 4.79 Å². The molecule has 0 saturated heterocycles. The fourth-order valence-corrected chi connectivity index (χ4v) is 3.05. The Labute approximate surface area is 162 Å². The lowest BCUT2D eigenvalue weighted by Gasteiger charge is -2.12. The van der Waals surface area contributed by atoms with Gasteiger partial charge in [0.2, 0.25) is 5.91 Å². The Hall–Kier alpha value is -1.52. The second-order valence-electron chi connectivity index (χ2n) is 6.26. The summed E-state index contributed by atoms with van der Waals surface area (Å²) in [5.41, 5.74) is 2.89. The molecule has 0 aliphatic carbocycles. The molecule has 0 aromatic heterocycles. The first-order valence-electron chi connectivity index (χ1n) is 8.35. The lowest BCUT2D eigenvalue weighted by molar-refractivity contribution is -0.116. The van der Waals surface area contributed by atoms with Crippen LogP contribution in [0.15, 0.2) is 40.9 Å². The number of hydrogen-bond acceptors (Lipinski definition) is 2. The maximum atomic E-state index is 12.1. The van der Waals surface area contributed by atoms with Crippen LogP contribution >= 0.6 is 27.5 Å². The Morgan fingerprint density at radius 1 is 1.28 bits per heavy atom. The van der Waals surface area contributed by atoms with Gasteiger partial charge in [-0.2, -0.15) is 0 Å². The van der Waals surface area contributed by atoms with Gasteiger partial charge in [0.05, 0.1) is 11.1 Å². The van der Waals surface area contributed by atoms with Crippen LogP contribution in [0, 0.1) is 6.92 Å². The third-order valence-electron chi connectivity index (χ3n) is 3.97. The topological polar surface area (TPSA) is 38.3 Å². The van der Waals surface area contributed by atoms with Gasteiger partial charge < -0.3 is 10.1 Å². The largest absolute Gasteiger partial charge is 0.492 e. The maximum absolute atomic E-state index is 12.1. The number of ether oxygens (including phenoxy) is 1. The van der Waals surface area contributed by atoms with Crippen LogP contribution in [0.1, 0.15) is 43.7 Å². The van der Waals surface area contributed by atoms with E-state index in [-0.39, 0.29) is 5.91 Å². The van der Waals surface area contributed by atoms with E-state index in [9.17, 15) is 4.79 Å². The average molecular weight is 425 g/mol. The zero-order valence-corrected chi connectivity index (χ0v) is 17.1. The van der Waals surface area contributed by atoms with Crippen molar-refractivity contribution in [2.75, 3.05) is 11.9 Å². The van der Waals surface area contributed by atoms with Crippen LogP contribution in [0.25, 0.3) is 0 Å². The SMILES string of the molecule is Cc1c(Cl)cccc1NC(=O)CCCOc1ccc(C(C)C)cc1Br. The molecule has 0 heterocycles. The lowest BCUT2D eigenvalue weighted by Crippen LogP contribution is -2.13. The van der Waals surface area contributed by atoms with Crippen LogP contribution in [0.2, 0.25) is 5.02 Å². The van der Waals surface area contributed by atoms with Crippen LogP contribution in [0.4, 0.5) is 5.69 Å². The van der Waals surface area contributed by atoms with E-state index in [4.69, 9.17) is 16.3 Å². The average Bonchev–Trinajstić information content (AvgIpc) is 2.57. The summed E-state index contributed by atoms with van der Waals surface area (Å²) in [5, 5.41) is 3.54. The Balaban J connectivity index is 1.79. The van der Waals surface area contributed by atoms with Gasteiger partial charge in [-0.25, -0.2) is 0 Å². The first-order chi connectivity index (χ1) is 11.9. The third kappa shape index (κ3) is 5.75. The minimum absolute atomic E-state index is 0.0387. The van der Waals surface area contributed by atoms with Gasteiger partial charge >= 0.3 is 0 Å². The highest BCUT2D eigenvalue weighted by molar-refractivity contribution is 9.10. The molecule has 0 aliphatic rings. The Kier molecular flexibility index (Phi) is 7.33. The molecule has 0 radical (unpaired) electrons. The van der Waals surface area contributed by atoms with E-state index in [2.05, 4.69) is 47.2 Å². The second-order valence-corrected chi connectivity index (χ2v) is 7.52. The number of carbonyl (C=O) groups is 1. The van der Waals surface area contributed by atoms with Gasteiger partial charge in [-0.15, -0.1) is 0 Å². The minimum atomic E-state index is -0.0387. The molecule has 0 spiro atoms. The molecule has 0 fully saturated rings. The summed E-state index contributed by atoms with van der Waals surface area (Å²) < 4.78 is 6.71. The Morgan fingerprint density at radius 3 is 2.72 bits per heavy atom. The number of amides is 1. The van der Waals surface area contributed by atoms with Crippen molar-refractivity contribution in [1.29, 1.82) is 0 Å². The van der Waals surface area contributed by atoms with E-state index < -0.39 is 0 Å². The summed E-state index contributed by atoms with van der Waals surface area (Å²) in [6.45, 7) is 6.69. The zero-order chi connectivity index (χ0) is 18.4. The van der Waals surface area contributed by atoms with Gasteiger partial charge in [0.1, 0.15) is 5.75 Å². The summed E-state index contributed by atoms with van der Waals surface area (Å²) in [6.07, 6.45) is 1.04. The molecule has 0 atom stereocenters. The van der Waals surface area contributed by atoms with Crippen LogP contribution in [-0.2, 0) is 4.79 Å². The van der Waals surface area contributed by atoms with Crippen molar-refractivity contribution in [3.05, 3.63) is 57.0 Å². The number of halogens is 2. The lowest BCUT2D eigenvalue weighted by atomic mass is 10.0. The smallest absolute Gasteiger partial charge is 0.224 e. The summed E-state index contributed by atoms with van der Waals surface area (Å²) in [4.78, 5) is 12.1. The minimum Gasteiger partial charge on any atom is -0.492 e. The molecule has 3 nitrogen and oxygen atoms in total. The van der Waals surface area contributed by atoms with E-state index in [0.29, 0.717) is 30.4 Å². The fraction of sp³-hybridized carbons (Fsp3) is 0.350. The molecular weight excluding hydrogens is 402 g/mol. The number of rotatable bonds is 7. The maximum Gasteiger partial charge on any atom is 0.224 e. The molecule has 2 aromatic carbocycles. The van der Waals surface area contributed by atoms with E-state index >= 15 is 0 Å². The number of nitrogens with one attached hydrogen (secondary N) is 1. The highest BCUT2D eigenvalue weighted by Gasteiger charge is 2.08. The molecule has 134 valence electrons. The predicted octanol–water partition coefficient (Wildman–Crippen LogP) is 6.33. The van der Waals surface area contributed by atoms with Crippen molar-refractivity contribution in [1.82, 2.24) is 0 Å². The van der Waals surface area contributed by atoms with Crippen LogP contribution in [0.5, 0.6) is 5.75 Å². The first-order valence-corrected chi connectivity index (χ1v) is 9.52. The van der Waals surface area contributed by atoms with Gasteiger partial charge in [-0.1, -0.05) is 37.6 Å². The van der Waals surface area contributed by atoms with Crippen LogP contribution in [-0.4, -0.2) is 12.5 Å². The van der Waals surface area contributed by atoms with Gasteiger partial charge in [0.25, 0.3) is 0 Å². The zero-order valence-electron chi connectivity index (χ0n) is 14.7. The molecular formula is C20H23BrClNO2. The number of benzene rings is 2. The molecule has 0 saturated carbocycles. The fourth-order valence-electron chi connectivity index (χ4n) is 2.36. The predicted molar refractivity (Wildman–Crippen MR) is 108 cm³/mol.